The lowest BCUT2D eigenvalue weighted by molar-refractivity contribution is 0.177. The highest BCUT2D eigenvalue weighted by Crippen LogP contribution is 2.16. The molecule has 0 fully saturated rings. The molecule has 1 aliphatic rings. The minimum Gasteiger partial charge on any atom is -0.377 e. The molecule has 0 amide bonds. The van der Waals surface area contributed by atoms with Crippen molar-refractivity contribution in [2.75, 3.05) is 20.2 Å². The van der Waals surface area contributed by atoms with Crippen molar-refractivity contribution in [1.29, 1.82) is 0 Å². The van der Waals surface area contributed by atoms with Crippen LogP contribution in [0.2, 0.25) is 0 Å². The minimum atomic E-state index is 0. The van der Waals surface area contributed by atoms with Crippen molar-refractivity contribution in [2.24, 2.45) is 4.99 Å². The summed E-state index contributed by atoms with van der Waals surface area (Å²) in [7, 11) is 1.67. The molecule has 2 heterocycles. The molecule has 1 aromatic heterocycles. The second-order valence-corrected chi connectivity index (χ2v) is 7.47. The molecule has 0 saturated heterocycles. The van der Waals surface area contributed by atoms with Gasteiger partial charge in [0.05, 0.1) is 6.54 Å². The number of benzene rings is 1. The van der Waals surface area contributed by atoms with E-state index in [1.54, 1.807) is 7.11 Å². The fourth-order valence-corrected chi connectivity index (χ4v) is 3.41. The summed E-state index contributed by atoms with van der Waals surface area (Å²) >= 11 is 0. The number of aliphatic imine (C=N–C) groups is 1. The Labute approximate surface area is 190 Å². The molecule has 29 heavy (non-hydrogen) atoms. The monoisotopic (exact) mass is 512 g/mol. The SMILES string of the molecule is CCNC(=NCC(C)c1ccc(C)cc1)NC1CCc2nc(COC)nn2C1.I. The van der Waals surface area contributed by atoms with Crippen LogP contribution in [0, 0.1) is 6.92 Å². The minimum absolute atomic E-state index is 0. The van der Waals surface area contributed by atoms with E-state index in [2.05, 4.69) is 65.8 Å². The molecular weight excluding hydrogens is 479 g/mol. The van der Waals surface area contributed by atoms with Crippen molar-refractivity contribution in [3.8, 4) is 0 Å². The number of rotatable bonds is 7. The highest BCUT2D eigenvalue weighted by Gasteiger charge is 2.22. The molecule has 0 saturated carbocycles. The van der Waals surface area contributed by atoms with Gasteiger partial charge in [0.2, 0.25) is 0 Å². The third kappa shape index (κ3) is 6.67. The molecule has 8 heteroatoms. The van der Waals surface area contributed by atoms with Crippen LogP contribution in [0.4, 0.5) is 0 Å². The van der Waals surface area contributed by atoms with Gasteiger partial charge in [-0.05, 0) is 25.8 Å². The highest BCUT2D eigenvalue weighted by atomic mass is 127. The Balaban J connectivity index is 0.00000300. The molecule has 0 aliphatic carbocycles. The van der Waals surface area contributed by atoms with E-state index >= 15 is 0 Å². The van der Waals surface area contributed by atoms with Crippen molar-refractivity contribution in [3.63, 3.8) is 0 Å². The summed E-state index contributed by atoms with van der Waals surface area (Å²) in [6.45, 7) is 9.26. The number of hydrogen-bond acceptors (Lipinski definition) is 4. The van der Waals surface area contributed by atoms with Crippen LogP contribution in [0.15, 0.2) is 29.3 Å². The van der Waals surface area contributed by atoms with Gasteiger partial charge in [0.25, 0.3) is 0 Å². The summed E-state index contributed by atoms with van der Waals surface area (Å²) in [6, 6.07) is 9.00. The summed E-state index contributed by atoms with van der Waals surface area (Å²) < 4.78 is 7.14. The normalized spacial score (nSPS) is 17.2. The average Bonchev–Trinajstić information content (AvgIpc) is 3.08. The van der Waals surface area contributed by atoms with Gasteiger partial charge in [-0.1, -0.05) is 36.8 Å². The number of halogens is 1. The molecule has 3 rings (SSSR count). The number of guanidine groups is 1. The quantitative estimate of drug-likeness (QED) is 0.339. The third-order valence-electron chi connectivity index (χ3n) is 5.03. The largest absolute Gasteiger partial charge is 0.377 e. The van der Waals surface area contributed by atoms with E-state index in [1.807, 2.05) is 4.68 Å². The number of nitrogens with zero attached hydrogens (tertiary/aromatic N) is 4. The van der Waals surface area contributed by atoms with Crippen molar-refractivity contribution < 1.29 is 4.74 Å². The van der Waals surface area contributed by atoms with Gasteiger partial charge in [0.1, 0.15) is 12.4 Å². The zero-order chi connectivity index (χ0) is 19.9. The smallest absolute Gasteiger partial charge is 0.191 e. The Morgan fingerprint density at radius 1 is 1.34 bits per heavy atom. The molecule has 0 bridgehead atoms. The lowest BCUT2D eigenvalue weighted by atomic mass is 10.0. The number of fused-ring (bicyclic) bond motifs is 1. The van der Waals surface area contributed by atoms with Gasteiger partial charge in [-0.3, -0.25) is 4.99 Å². The molecule has 160 valence electrons. The lowest BCUT2D eigenvalue weighted by Gasteiger charge is -2.25. The van der Waals surface area contributed by atoms with Crippen LogP contribution < -0.4 is 10.6 Å². The summed E-state index contributed by atoms with van der Waals surface area (Å²) in [5, 5.41) is 11.5. The number of aryl methyl sites for hydroxylation is 2. The van der Waals surface area contributed by atoms with Crippen molar-refractivity contribution in [3.05, 3.63) is 47.0 Å². The zero-order valence-corrected chi connectivity index (χ0v) is 20.1. The van der Waals surface area contributed by atoms with Crippen LogP contribution in [-0.4, -0.2) is 47.0 Å². The molecule has 1 aliphatic heterocycles. The van der Waals surface area contributed by atoms with Gasteiger partial charge >= 0.3 is 0 Å². The van der Waals surface area contributed by atoms with Crippen LogP contribution in [0.25, 0.3) is 0 Å². The molecule has 2 unspecified atom stereocenters. The predicted molar refractivity (Wildman–Crippen MR) is 127 cm³/mol. The standard InChI is InChI=1S/C21H32N6O.HI/c1-5-22-21(23-12-16(3)17-8-6-15(2)7-9-17)24-18-10-11-20-25-19(14-28-4)26-27(20)13-18;/h6-9,16,18H,5,10-14H2,1-4H3,(H2,22,23,24);1H. The van der Waals surface area contributed by atoms with Gasteiger partial charge in [0, 0.05) is 38.6 Å². The Kier molecular flexibility index (Phi) is 9.35. The first-order valence-corrected chi connectivity index (χ1v) is 10.1. The third-order valence-corrected chi connectivity index (χ3v) is 5.03. The fourth-order valence-electron chi connectivity index (χ4n) is 3.41. The molecule has 0 spiro atoms. The molecule has 2 N–H and O–H groups in total. The summed E-state index contributed by atoms with van der Waals surface area (Å²) in [5.74, 6) is 3.04. The van der Waals surface area contributed by atoms with Crippen LogP contribution >= 0.6 is 24.0 Å². The number of nitrogens with one attached hydrogen (secondary N) is 2. The highest BCUT2D eigenvalue weighted by molar-refractivity contribution is 14.0. The average molecular weight is 512 g/mol. The molecule has 2 atom stereocenters. The summed E-state index contributed by atoms with van der Waals surface area (Å²) in [4.78, 5) is 9.37. The Morgan fingerprint density at radius 2 is 2.10 bits per heavy atom. The second kappa shape index (κ2) is 11.5. The molecular formula is C21H33IN6O. The van der Waals surface area contributed by atoms with Crippen molar-refractivity contribution >= 4 is 29.9 Å². The van der Waals surface area contributed by atoms with Gasteiger partial charge in [-0.25, -0.2) is 9.67 Å². The molecule has 1 aromatic carbocycles. The van der Waals surface area contributed by atoms with E-state index in [-0.39, 0.29) is 30.0 Å². The maximum Gasteiger partial charge on any atom is 0.191 e. The summed E-state index contributed by atoms with van der Waals surface area (Å²) in [6.07, 6.45) is 1.93. The molecule has 2 aromatic rings. The Hall–Kier alpha value is -1.68. The number of aromatic nitrogens is 3. The van der Waals surface area contributed by atoms with E-state index in [9.17, 15) is 0 Å². The predicted octanol–water partition coefficient (Wildman–Crippen LogP) is 3.02. The first-order valence-electron chi connectivity index (χ1n) is 10.1. The van der Waals surface area contributed by atoms with Crippen LogP contribution in [0.1, 0.15) is 49.0 Å². The maximum atomic E-state index is 5.14. The number of hydrogen-bond donors (Lipinski definition) is 2. The lowest BCUT2D eigenvalue weighted by Crippen LogP contribution is -2.47. The van der Waals surface area contributed by atoms with Gasteiger partial charge in [-0.15, -0.1) is 24.0 Å². The number of ether oxygens (including phenoxy) is 1. The maximum absolute atomic E-state index is 5.14. The van der Waals surface area contributed by atoms with E-state index in [0.717, 1.165) is 50.1 Å². The van der Waals surface area contributed by atoms with Crippen molar-refractivity contribution in [2.45, 2.75) is 58.7 Å². The molecule has 7 nitrogen and oxygen atoms in total. The van der Waals surface area contributed by atoms with E-state index in [4.69, 9.17) is 9.73 Å². The van der Waals surface area contributed by atoms with Crippen LogP contribution in [0.5, 0.6) is 0 Å². The summed E-state index contributed by atoms with van der Waals surface area (Å²) in [5.41, 5.74) is 2.61. The second-order valence-electron chi connectivity index (χ2n) is 7.47. The fraction of sp³-hybridized carbons (Fsp3) is 0.571. The Bertz CT molecular complexity index is 789. The van der Waals surface area contributed by atoms with Gasteiger partial charge < -0.3 is 15.4 Å². The van der Waals surface area contributed by atoms with E-state index in [0.29, 0.717) is 12.5 Å². The zero-order valence-electron chi connectivity index (χ0n) is 17.8. The van der Waals surface area contributed by atoms with E-state index < -0.39 is 0 Å². The number of methoxy groups -OCH3 is 1. The van der Waals surface area contributed by atoms with Gasteiger partial charge in [-0.2, -0.15) is 5.10 Å². The first-order chi connectivity index (χ1) is 13.6. The Morgan fingerprint density at radius 3 is 2.79 bits per heavy atom. The van der Waals surface area contributed by atoms with Gasteiger partial charge in [0.15, 0.2) is 11.8 Å². The van der Waals surface area contributed by atoms with Crippen molar-refractivity contribution in [1.82, 2.24) is 25.4 Å². The van der Waals surface area contributed by atoms with E-state index in [1.165, 1.54) is 11.1 Å². The topological polar surface area (TPSA) is 76.4 Å². The molecule has 0 radical (unpaired) electrons. The van der Waals surface area contributed by atoms with Crippen LogP contribution in [-0.2, 0) is 24.3 Å². The first kappa shape index (κ1) is 23.6. The van der Waals surface area contributed by atoms with Crippen LogP contribution in [0.3, 0.4) is 0 Å².